The van der Waals surface area contributed by atoms with Crippen LogP contribution in [0.5, 0.6) is 0 Å². The van der Waals surface area contributed by atoms with Crippen molar-refractivity contribution < 1.29 is 13.2 Å². The van der Waals surface area contributed by atoms with Crippen molar-refractivity contribution in [3.05, 3.63) is 0 Å². The van der Waals surface area contributed by atoms with Gasteiger partial charge in [-0.15, -0.1) is 0 Å². The third-order valence-electron chi connectivity index (χ3n) is 2.65. The summed E-state index contributed by atoms with van der Waals surface area (Å²) in [6, 6.07) is 0. The highest BCUT2D eigenvalue weighted by Crippen LogP contribution is 2.04. The van der Waals surface area contributed by atoms with Crippen molar-refractivity contribution in [3.8, 4) is 0 Å². The van der Waals surface area contributed by atoms with E-state index in [1.807, 2.05) is 0 Å². The van der Waals surface area contributed by atoms with Gasteiger partial charge in [0.1, 0.15) is 0 Å². The monoisotopic (exact) mass is 328 g/mol. The Hall–Kier alpha value is 0.310. The van der Waals surface area contributed by atoms with Gasteiger partial charge in [-0.1, -0.05) is 28.8 Å². The molecule has 17 heavy (non-hydrogen) atoms. The summed E-state index contributed by atoms with van der Waals surface area (Å²) in [4.78, 5) is 0. The molecule has 0 amide bonds. The molecule has 1 aliphatic rings. The van der Waals surface area contributed by atoms with Crippen LogP contribution in [0.25, 0.3) is 0 Å². The van der Waals surface area contributed by atoms with Gasteiger partial charge in [0, 0.05) is 25.0 Å². The normalized spacial score (nSPS) is 18.4. The number of halogens is 1. The van der Waals surface area contributed by atoms with Gasteiger partial charge in [0.2, 0.25) is 0 Å². The maximum absolute atomic E-state index is 11.8. The molecule has 7 heteroatoms. The fourth-order valence-electron chi connectivity index (χ4n) is 1.65. The van der Waals surface area contributed by atoms with Crippen LogP contribution >= 0.6 is 15.9 Å². The predicted molar refractivity (Wildman–Crippen MR) is 71.6 cm³/mol. The maximum atomic E-state index is 11.8. The highest BCUT2D eigenvalue weighted by molar-refractivity contribution is 9.09. The largest absolute Gasteiger partial charge is 0.379 e. The Bertz CT molecular complexity index is 292. The molecule has 1 fully saturated rings. The summed E-state index contributed by atoms with van der Waals surface area (Å²) < 4.78 is 32.9. The molecule has 0 aromatic carbocycles. The van der Waals surface area contributed by atoms with Crippen molar-refractivity contribution in [1.29, 1.82) is 0 Å². The Labute approximate surface area is 112 Å². The van der Waals surface area contributed by atoms with Gasteiger partial charge < -0.3 is 4.74 Å². The minimum absolute atomic E-state index is 0.457. The van der Waals surface area contributed by atoms with E-state index in [1.165, 1.54) is 4.31 Å². The first kappa shape index (κ1) is 15.4. The number of nitrogens with zero attached hydrogens (tertiary/aromatic N) is 1. The SMILES string of the molecule is O=S(=O)(NCCCCCCBr)N1CCOCC1. The molecular weight excluding hydrogens is 308 g/mol. The van der Waals surface area contributed by atoms with Crippen LogP contribution in [-0.4, -0.2) is 50.9 Å². The molecular formula is C10H21BrN2O3S. The fourth-order valence-corrected chi connectivity index (χ4v) is 3.26. The maximum Gasteiger partial charge on any atom is 0.279 e. The lowest BCUT2D eigenvalue weighted by atomic mass is 10.2. The van der Waals surface area contributed by atoms with Crippen LogP contribution in [0.1, 0.15) is 25.7 Å². The Kier molecular flexibility index (Phi) is 7.61. The second-order valence-electron chi connectivity index (χ2n) is 4.01. The summed E-state index contributed by atoms with van der Waals surface area (Å²) in [5.74, 6) is 0. The number of nitrogens with one attached hydrogen (secondary N) is 1. The van der Waals surface area contributed by atoms with E-state index >= 15 is 0 Å². The molecule has 0 aromatic rings. The molecule has 1 saturated heterocycles. The zero-order valence-electron chi connectivity index (χ0n) is 10.0. The standard InChI is InChI=1S/C10H21BrN2O3S/c11-5-3-1-2-4-6-12-17(14,15)13-7-9-16-10-8-13/h12H,1-10H2. The number of alkyl halides is 1. The lowest BCUT2D eigenvalue weighted by molar-refractivity contribution is 0.0725. The highest BCUT2D eigenvalue weighted by Gasteiger charge is 2.23. The van der Waals surface area contributed by atoms with E-state index in [-0.39, 0.29) is 0 Å². The van der Waals surface area contributed by atoms with Gasteiger partial charge in [0.25, 0.3) is 10.2 Å². The zero-order valence-corrected chi connectivity index (χ0v) is 12.4. The van der Waals surface area contributed by atoms with Gasteiger partial charge in [-0.2, -0.15) is 12.7 Å². The first-order valence-corrected chi connectivity index (χ1v) is 8.61. The minimum atomic E-state index is -3.28. The molecule has 0 unspecified atom stereocenters. The quantitative estimate of drug-likeness (QED) is 0.536. The van der Waals surface area contributed by atoms with Gasteiger partial charge in [-0.25, -0.2) is 4.72 Å². The van der Waals surface area contributed by atoms with Crippen LogP contribution in [0.15, 0.2) is 0 Å². The van der Waals surface area contributed by atoms with Crippen LogP contribution in [0.2, 0.25) is 0 Å². The van der Waals surface area contributed by atoms with E-state index in [4.69, 9.17) is 4.74 Å². The van der Waals surface area contributed by atoms with Crippen LogP contribution in [0, 0.1) is 0 Å². The van der Waals surface area contributed by atoms with E-state index in [0.717, 1.165) is 31.0 Å². The van der Waals surface area contributed by atoms with Crippen LogP contribution < -0.4 is 4.72 Å². The molecule has 102 valence electrons. The third kappa shape index (κ3) is 6.15. The number of rotatable bonds is 8. The van der Waals surface area contributed by atoms with E-state index < -0.39 is 10.2 Å². The second kappa shape index (κ2) is 8.42. The van der Waals surface area contributed by atoms with E-state index in [1.54, 1.807) is 0 Å². The van der Waals surface area contributed by atoms with Crippen LogP contribution in [0.3, 0.4) is 0 Å². The predicted octanol–water partition coefficient (Wildman–Crippen LogP) is 1.11. The number of morpholine rings is 1. The summed E-state index contributed by atoms with van der Waals surface area (Å²) in [5, 5.41) is 1.02. The molecule has 0 saturated carbocycles. The summed E-state index contributed by atoms with van der Waals surface area (Å²) in [6.45, 7) is 2.43. The molecule has 0 atom stereocenters. The Balaban J connectivity index is 2.15. The van der Waals surface area contributed by atoms with Crippen molar-refractivity contribution >= 4 is 26.1 Å². The van der Waals surface area contributed by atoms with Crippen molar-refractivity contribution in [1.82, 2.24) is 9.03 Å². The Morgan fingerprint density at radius 1 is 1.12 bits per heavy atom. The van der Waals surface area contributed by atoms with Gasteiger partial charge in [-0.05, 0) is 12.8 Å². The number of ether oxygens (including phenoxy) is 1. The Morgan fingerprint density at radius 2 is 1.76 bits per heavy atom. The summed E-state index contributed by atoms with van der Waals surface area (Å²) in [6.07, 6.45) is 4.26. The molecule has 0 radical (unpaired) electrons. The minimum Gasteiger partial charge on any atom is -0.379 e. The Morgan fingerprint density at radius 3 is 2.41 bits per heavy atom. The number of hydrogen-bond donors (Lipinski definition) is 1. The average Bonchev–Trinajstić information content (AvgIpc) is 2.35. The summed E-state index contributed by atoms with van der Waals surface area (Å²) in [5.41, 5.74) is 0. The van der Waals surface area contributed by atoms with E-state index in [0.29, 0.717) is 32.8 Å². The van der Waals surface area contributed by atoms with E-state index in [2.05, 4.69) is 20.7 Å². The fraction of sp³-hybridized carbons (Fsp3) is 1.00. The van der Waals surface area contributed by atoms with Crippen LogP contribution in [-0.2, 0) is 14.9 Å². The third-order valence-corrected chi connectivity index (χ3v) is 4.83. The second-order valence-corrected chi connectivity index (χ2v) is 6.56. The molecule has 0 aromatic heterocycles. The number of unbranched alkanes of at least 4 members (excludes halogenated alkanes) is 3. The number of hydrogen-bond acceptors (Lipinski definition) is 3. The molecule has 0 aliphatic carbocycles. The lowest BCUT2D eigenvalue weighted by Crippen LogP contribution is -2.46. The van der Waals surface area contributed by atoms with Crippen molar-refractivity contribution in [2.45, 2.75) is 25.7 Å². The van der Waals surface area contributed by atoms with Crippen LogP contribution in [0.4, 0.5) is 0 Å². The molecule has 1 N–H and O–H groups in total. The average molecular weight is 329 g/mol. The first-order chi connectivity index (χ1) is 8.17. The molecule has 0 spiro atoms. The van der Waals surface area contributed by atoms with Gasteiger partial charge in [-0.3, -0.25) is 0 Å². The van der Waals surface area contributed by atoms with Crippen molar-refractivity contribution in [3.63, 3.8) is 0 Å². The molecule has 0 bridgehead atoms. The first-order valence-electron chi connectivity index (χ1n) is 6.05. The summed E-state index contributed by atoms with van der Waals surface area (Å²) in [7, 11) is -3.28. The van der Waals surface area contributed by atoms with Crippen molar-refractivity contribution in [2.24, 2.45) is 0 Å². The van der Waals surface area contributed by atoms with Crippen molar-refractivity contribution in [2.75, 3.05) is 38.2 Å². The topological polar surface area (TPSA) is 58.6 Å². The van der Waals surface area contributed by atoms with Gasteiger partial charge in [0.05, 0.1) is 13.2 Å². The van der Waals surface area contributed by atoms with Gasteiger partial charge >= 0.3 is 0 Å². The lowest BCUT2D eigenvalue weighted by Gasteiger charge is -2.26. The zero-order chi connectivity index (χ0) is 12.6. The smallest absolute Gasteiger partial charge is 0.279 e. The highest BCUT2D eigenvalue weighted by atomic mass is 79.9. The molecule has 1 heterocycles. The molecule has 1 rings (SSSR count). The summed E-state index contributed by atoms with van der Waals surface area (Å²) >= 11 is 3.37. The molecule has 1 aliphatic heterocycles. The molecule has 5 nitrogen and oxygen atoms in total. The van der Waals surface area contributed by atoms with Gasteiger partial charge in [0.15, 0.2) is 0 Å². The van der Waals surface area contributed by atoms with E-state index in [9.17, 15) is 8.42 Å².